The van der Waals surface area contributed by atoms with Crippen molar-refractivity contribution in [1.82, 2.24) is 0 Å². The predicted octanol–water partition coefficient (Wildman–Crippen LogP) is 1.78. The van der Waals surface area contributed by atoms with Crippen molar-refractivity contribution >= 4 is 5.78 Å². The molecule has 0 radical (unpaired) electrons. The van der Waals surface area contributed by atoms with Gasteiger partial charge < -0.3 is 4.74 Å². The maximum absolute atomic E-state index is 10.9. The number of ether oxygens (including phenoxy) is 1. The normalized spacial score (nSPS) is 11.6. The summed E-state index contributed by atoms with van der Waals surface area (Å²) in [5.74, 6) is 0.256. The summed E-state index contributed by atoms with van der Waals surface area (Å²) in [6.07, 6.45) is 1.12. The molecule has 0 rings (SSSR count). The van der Waals surface area contributed by atoms with Crippen molar-refractivity contribution < 1.29 is 9.53 Å². The van der Waals surface area contributed by atoms with E-state index in [4.69, 9.17) is 4.74 Å². The summed E-state index contributed by atoms with van der Waals surface area (Å²) in [7, 11) is 1.63. The maximum Gasteiger partial charge on any atom is 0.135 e. The van der Waals surface area contributed by atoms with Gasteiger partial charge in [-0.2, -0.15) is 0 Å². The minimum Gasteiger partial charge on any atom is -0.378 e. The number of hydrogen-bond donors (Lipinski definition) is 0. The average Bonchev–Trinajstić information content (AvgIpc) is 1.87. The molecule has 60 valence electrons. The van der Waals surface area contributed by atoms with Crippen molar-refractivity contribution in [3.63, 3.8) is 0 Å². The number of carbonyl (C=O) groups excluding carboxylic acids is 1. The van der Waals surface area contributed by atoms with Crippen LogP contribution in [0.4, 0.5) is 0 Å². The zero-order chi connectivity index (χ0) is 8.20. The molecular weight excluding hydrogens is 128 g/mol. The lowest BCUT2D eigenvalue weighted by molar-refractivity contribution is -0.123. The molecule has 0 unspecified atom stereocenters. The van der Waals surface area contributed by atoms with E-state index in [1.165, 1.54) is 0 Å². The van der Waals surface area contributed by atoms with Crippen molar-refractivity contribution in [3.05, 3.63) is 0 Å². The predicted molar refractivity (Wildman–Crippen MR) is 41.0 cm³/mol. The van der Waals surface area contributed by atoms with Gasteiger partial charge in [-0.05, 0) is 13.8 Å². The first-order valence-corrected chi connectivity index (χ1v) is 3.58. The van der Waals surface area contributed by atoms with Crippen LogP contribution in [0.15, 0.2) is 0 Å². The lowest BCUT2D eigenvalue weighted by Gasteiger charge is -2.21. The number of methoxy groups -OCH3 is 1. The number of rotatable bonds is 4. The molecule has 0 fully saturated rings. The van der Waals surface area contributed by atoms with Crippen LogP contribution in [0, 0.1) is 0 Å². The summed E-state index contributed by atoms with van der Waals surface area (Å²) in [5.41, 5.74) is -0.285. The minimum absolute atomic E-state index is 0.256. The molecule has 2 heteroatoms. The van der Waals surface area contributed by atoms with Crippen LogP contribution >= 0.6 is 0 Å². The topological polar surface area (TPSA) is 26.3 Å². The van der Waals surface area contributed by atoms with Gasteiger partial charge in [0.05, 0.1) is 5.60 Å². The molecule has 0 aliphatic carbocycles. The summed E-state index contributed by atoms with van der Waals surface area (Å²) >= 11 is 0. The fourth-order valence-corrected chi connectivity index (χ4v) is 0.672. The Kier molecular flexibility index (Phi) is 3.58. The second kappa shape index (κ2) is 3.71. The highest BCUT2D eigenvalue weighted by Crippen LogP contribution is 2.13. The zero-order valence-electron chi connectivity index (χ0n) is 7.23. The third-order valence-electron chi connectivity index (χ3n) is 1.57. The van der Waals surface area contributed by atoms with Crippen LogP contribution in [0.3, 0.4) is 0 Å². The lowest BCUT2D eigenvalue weighted by Crippen LogP contribution is -2.25. The zero-order valence-corrected chi connectivity index (χ0v) is 7.23. The van der Waals surface area contributed by atoms with Gasteiger partial charge in [0.25, 0.3) is 0 Å². The van der Waals surface area contributed by atoms with E-state index >= 15 is 0 Å². The molecule has 0 aromatic carbocycles. The van der Waals surface area contributed by atoms with Crippen LogP contribution < -0.4 is 0 Å². The summed E-state index contributed by atoms with van der Waals surface area (Å²) < 4.78 is 5.09. The molecule has 0 bridgehead atoms. The smallest absolute Gasteiger partial charge is 0.135 e. The highest BCUT2D eigenvalue weighted by Gasteiger charge is 2.19. The number of carbonyl (C=O) groups is 1. The second-order valence-corrected chi connectivity index (χ2v) is 3.03. The number of Topliss-reactive ketones (excluding diaryl/α,β-unsaturated/α-hetero) is 1. The Bertz CT molecular complexity index is 116. The number of hydrogen-bond acceptors (Lipinski definition) is 2. The molecule has 0 atom stereocenters. The quantitative estimate of drug-likeness (QED) is 0.601. The van der Waals surface area contributed by atoms with E-state index in [9.17, 15) is 4.79 Å². The Morgan fingerprint density at radius 3 is 2.30 bits per heavy atom. The molecule has 0 amide bonds. The molecule has 2 nitrogen and oxygen atoms in total. The summed E-state index contributed by atoms with van der Waals surface area (Å²) in [6, 6.07) is 0. The van der Waals surface area contributed by atoms with Gasteiger partial charge in [-0.3, -0.25) is 4.79 Å². The number of ketones is 1. The van der Waals surface area contributed by atoms with E-state index in [0.717, 1.165) is 0 Å². The summed E-state index contributed by atoms with van der Waals surface area (Å²) in [4.78, 5) is 10.9. The molecule has 0 aromatic heterocycles. The van der Waals surface area contributed by atoms with Crippen LogP contribution in [-0.2, 0) is 9.53 Å². The second-order valence-electron chi connectivity index (χ2n) is 3.03. The van der Waals surface area contributed by atoms with E-state index in [2.05, 4.69) is 0 Å². The minimum atomic E-state index is -0.285. The standard InChI is InChI=1S/C8H16O2/c1-5-7(9)6-8(2,3)10-4/h5-6H2,1-4H3. The van der Waals surface area contributed by atoms with Gasteiger partial charge in [-0.15, -0.1) is 0 Å². The highest BCUT2D eigenvalue weighted by atomic mass is 16.5. The van der Waals surface area contributed by atoms with Crippen molar-refractivity contribution in [2.75, 3.05) is 7.11 Å². The first-order valence-electron chi connectivity index (χ1n) is 3.58. The molecule has 10 heavy (non-hydrogen) atoms. The Labute approximate surface area is 62.6 Å². The molecule has 0 saturated heterocycles. The van der Waals surface area contributed by atoms with Gasteiger partial charge >= 0.3 is 0 Å². The first kappa shape index (κ1) is 9.63. The average molecular weight is 144 g/mol. The lowest BCUT2D eigenvalue weighted by atomic mass is 10.0. The Morgan fingerprint density at radius 1 is 1.50 bits per heavy atom. The van der Waals surface area contributed by atoms with Crippen molar-refractivity contribution in [3.8, 4) is 0 Å². The van der Waals surface area contributed by atoms with Crippen molar-refractivity contribution in [1.29, 1.82) is 0 Å². The first-order chi connectivity index (χ1) is 4.52. The van der Waals surface area contributed by atoms with Gasteiger partial charge in [-0.25, -0.2) is 0 Å². The van der Waals surface area contributed by atoms with Crippen LogP contribution in [0.25, 0.3) is 0 Å². The fraction of sp³-hybridized carbons (Fsp3) is 0.875. The molecule has 0 spiro atoms. The molecule has 0 aliphatic rings. The monoisotopic (exact) mass is 144 g/mol. The van der Waals surface area contributed by atoms with E-state index in [0.29, 0.717) is 12.8 Å². The van der Waals surface area contributed by atoms with Crippen molar-refractivity contribution in [2.45, 2.75) is 39.2 Å². The molecule has 0 N–H and O–H groups in total. The van der Waals surface area contributed by atoms with Gasteiger partial charge in [0.15, 0.2) is 0 Å². The van der Waals surface area contributed by atoms with E-state index in [1.807, 2.05) is 20.8 Å². The van der Waals surface area contributed by atoms with Gasteiger partial charge in [-0.1, -0.05) is 6.92 Å². The highest BCUT2D eigenvalue weighted by molar-refractivity contribution is 5.78. The van der Waals surface area contributed by atoms with Crippen LogP contribution in [0.1, 0.15) is 33.6 Å². The van der Waals surface area contributed by atoms with Crippen LogP contribution in [0.5, 0.6) is 0 Å². The molecule has 0 aliphatic heterocycles. The molecule has 0 heterocycles. The third-order valence-corrected chi connectivity index (χ3v) is 1.57. The Morgan fingerprint density at radius 2 is 2.00 bits per heavy atom. The SMILES string of the molecule is CCC(=O)CC(C)(C)OC. The fourth-order valence-electron chi connectivity index (χ4n) is 0.672. The summed E-state index contributed by atoms with van der Waals surface area (Å²) in [5, 5.41) is 0. The van der Waals surface area contributed by atoms with Crippen LogP contribution in [-0.4, -0.2) is 18.5 Å². The van der Waals surface area contributed by atoms with E-state index < -0.39 is 0 Å². The van der Waals surface area contributed by atoms with Crippen molar-refractivity contribution in [2.24, 2.45) is 0 Å². The Balaban J connectivity index is 3.76. The third kappa shape index (κ3) is 3.62. The molecule has 0 saturated carbocycles. The Hall–Kier alpha value is -0.370. The molecular formula is C8H16O2. The van der Waals surface area contributed by atoms with E-state index in [1.54, 1.807) is 7.11 Å². The summed E-state index contributed by atoms with van der Waals surface area (Å²) in [6.45, 7) is 5.70. The largest absolute Gasteiger partial charge is 0.378 e. The van der Waals surface area contributed by atoms with Gasteiger partial charge in [0.1, 0.15) is 5.78 Å². The van der Waals surface area contributed by atoms with Crippen LogP contribution in [0.2, 0.25) is 0 Å². The van der Waals surface area contributed by atoms with Gasteiger partial charge in [0, 0.05) is 20.0 Å². The van der Waals surface area contributed by atoms with Gasteiger partial charge in [0.2, 0.25) is 0 Å². The van der Waals surface area contributed by atoms with E-state index in [-0.39, 0.29) is 11.4 Å². The maximum atomic E-state index is 10.9. The molecule has 0 aromatic rings.